The van der Waals surface area contributed by atoms with Crippen LogP contribution in [0.2, 0.25) is 0 Å². The molecule has 0 aliphatic carbocycles. The van der Waals surface area contributed by atoms with Crippen LogP contribution in [0.4, 0.5) is 0 Å². The second-order valence-corrected chi connectivity index (χ2v) is 23.4. The van der Waals surface area contributed by atoms with E-state index in [9.17, 15) is 14.4 Å². The van der Waals surface area contributed by atoms with E-state index in [1.54, 1.807) is 0 Å². The van der Waals surface area contributed by atoms with Gasteiger partial charge in [0.1, 0.15) is 13.2 Å². The van der Waals surface area contributed by atoms with Crippen LogP contribution in [-0.2, 0) is 28.6 Å². The van der Waals surface area contributed by atoms with Crippen molar-refractivity contribution in [2.45, 2.75) is 361 Å². The number of carbonyl (C=O) groups excluding carboxylic acids is 3. The minimum atomic E-state index is -0.781. The molecule has 1 atom stereocenters. The normalized spacial score (nSPS) is 12.6. The predicted molar refractivity (Wildman–Crippen MR) is 353 cm³/mol. The molecule has 0 bridgehead atoms. The van der Waals surface area contributed by atoms with Crippen LogP contribution in [0.5, 0.6) is 0 Å². The molecule has 0 aromatic heterocycles. The Morgan fingerprint density at radius 2 is 0.481 bits per heavy atom. The highest BCUT2D eigenvalue weighted by atomic mass is 16.6. The van der Waals surface area contributed by atoms with Crippen LogP contribution in [-0.4, -0.2) is 37.2 Å². The number of hydrogen-bond acceptors (Lipinski definition) is 6. The van der Waals surface area contributed by atoms with Gasteiger partial charge in [-0.25, -0.2) is 0 Å². The van der Waals surface area contributed by atoms with Crippen LogP contribution in [0, 0.1) is 0 Å². The monoisotopic (exact) mass is 1130 g/mol. The van der Waals surface area contributed by atoms with Gasteiger partial charge in [0.05, 0.1) is 0 Å². The first kappa shape index (κ1) is 77.6. The molecule has 6 nitrogen and oxygen atoms in total. The highest BCUT2D eigenvalue weighted by Crippen LogP contribution is 2.17. The van der Waals surface area contributed by atoms with Crippen molar-refractivity contribution in [3.63, 3.8) is 0 Å². The maximum Gasteiger partial charge on any atom is 0.306 e. The first-order valence-corrected chi connectivity index (χ1v) is 35.1. The Kier molecular flexibility index (Phi) is 66.2. The van der Waals surface area contributed by atoms with Gasteiger partial charge >= 0.3 is 17.9 Å². The summed E-state index contributed by atoms with van der Waals surface area (Å²) in [6.45, 7) is 6.54. The third-order valence-electron chi connectivity index (χ3n) is 15.4. The van der Waals surface area contributed by atoms with Crippen molar-refractivity contribution < 1.29 is 28.6 Å². The number of allylic oxidation sites excluding steroid dienone is 14. The van der Waals surface area contributed by atoms with E-state index in [0.717, 1.165) is 96.3 Å². The number of ether oxygens (including phenoxy) is 3. The third-order valence-corrected chi connectivity index (χ3v) is 15.4. The van der Waals surface area contributed by atoms with Gasteiger partial charge < -0.3 is 14.2 Å². The van der Waals surface area contributed by atoms with Crippen LogP contribution in [0.1, 0.15) is 355 Å². The molecule has 0 aromatic rings. The number of esters is 3. The van der Waals surface area contributed by atoms with Gasteiger partial charge in [-0.1, -0.05) is 305 Å². The molecule has 0 N–H and O–H groups in total. The first-order chi connectivity index (χ1) is 40.0. The lowest BCUT2D eigenvalue weighted by Crippen LogP contribution is -2.30. The number of carbonyl (C=O) groups is 3. The van der Waals surface area contributed by atoms with Crippen LogP contribution in [0.25, 0.3) is 0 Å². The van der Waals surface area contributed by atoms with E-state index in [1.807, 2.05) is 0 Å². The SMILES string of the molecule is CC/C=C\C/C=C\C/C=C\C/C=C\C/C=C\CCCCCCCCCCCCCCCCCCCC(=O)OCC(COC(=O)CCCCCCC/C=C\CCCCCC)OC(=O)CCCCCCCCC/C=C\CCCCCCCC. The lowest BCUT2D eigenvalue weighted by molar-refractivity contribution is -0.167. The standard InChI is InChI=1S/C75H132O6/c1-4-7-10-13-16-19-22-25-27-29-30-31-32-33-34-35-36-37-38-39-40-41-42-43-44-46-47-50-53-56-59-62-65-68-74(77)80-71-72(70-79-73(76)67-64-61-58-55-52-49-24-21-18-15-12-9-6-3)81-75(78)69-66-63-60-57-54-51-48-45-28-26-23-20-17-14-11-8-5-2/h7,10,16,19,21,24-28,30-31,33-34,72H,4-6,8-9,11-15,17-18,20,22-23,29,32,35-71H2,1-3H3/b10-7-,19-16-,24-21-,27-25-,28-26-,31-30-,34-33-. The van der Waals surface area contributed by atoms with Crippen LogP contribution >= 0.6 is 0 Å². The summed E-state index contributed by atoms with van der Waals surface area (Å²) in [4.78, 5) is 38.4. The fourth-order valence-electron chi connectivity index (χ4n) is 10.1. The lowest BCUT2D eigenvalue weighted by atomic mass is 10.0. The van der Waals surface area contributed by atoms with E-state index >= 15 is 0 Å². The minimum Gasteiger partial charge on any atom is -0.462 e. The van der Waals surface area contributed by atoms with Crippen LogP contribution in [0.3, 0.4) is 0 Å². The molecule has 0 aromatic carbocycles. The summed E-state index contributed by atoms with van der Waals surface area (Å²) in [7, 11) is 0. The maximum atomic E-state index is 12.9. The Labute approximate surface area is 503 Å². The van der Waals surface area contributed by atoms with E-state index in [-0.39, 0.29) is 31.1 Å². The van der Waals surface area contributed by atoms with E-state index in [0.29, 0.717) is 19.3 Å². The molecule has 1 unspecified atom stereocenters. The summed E-state index contributed by atoms with van der Waals surface area (Å²) < 4.78 is 17.0. The number of unbranched alkanes of at least 4 members (excludes halogenated alkanes) is 39. The highest BCUT2D eigenvalue weighted by molar-refractivity contribution is 5.71. The summed E-state index contributed by atoms with van der Waals surface area (Å²) in [5.74, 6) is -0.872. The summed E-state index contributed by atoms with van der Waals surface area (Å²) >= 11 is 0. The lowest BCUT2D eigenvalue weighted by Gasteiger charge is -2.18. The maximum absolute atomic E-state index is 12.9. The van der Waals surface area contributed by atoms with Crippen molar-refractivity contribution in [3.05, 3.63) is 85.1 Å². The quantitative estimate of drug-likeness (QED) is 0.0261. The highest BCUT2D eigenvalue weighted by Gasteiger charge is 2.19. The number of rotatable bonds is 64. The van der Waals surface area contributed by atoms with Crippen LogP contribution in [0.15, 0.2) is 85.1 Å². The average Bonchev–Trinajstić information content (AvgIpc) is 3.46. The second kappa shape index (κ2) is 69.1. The Bertz CT molecular complexity index is 1530. The molecule has 0 aliphatic rings. The molecule has 0 rings (SSSR count). The Hall–Kier alpha value is -3.41. The molecule has 0 saturated heterocycles. The molecule has 6 heteroatoms. The molecule has 81 heavy (non-hydrogen) atoms. The molecule has 0 saturated carbocycles. The average molecular weight is 1130 g/mol. The van der Waals surface area contributed by atoms with Crippen molar-refractivity contribution >= 4 is 17.9 Å². The zero-order chi connectivity index (χ0) is 58.5. The van der Waals surface area contributed by atoms with Gasteiger partial charge in [0.15, 0.2) is 6.10 Å². The van der Waals surface area contributed by atoms with E-state index in [1.165, 1.54) is 218 Å². The topological polar surface area (TPSA) is 78.9 Å². The van der Waals surface area contributed by atoms with Gasteiger partial charge in [0.2, 0.25) is 0 Å². The molecular weight excluding hydrogens is 997 g/mol. The second-order valence-electron chi connectivity index (χ2n) is 23.4. The molecule has 0 spiro atoms. The molecule has 0 heterocycles. The van der Waals surface area contributed by atoms with Crippen molar-refractivity contribution in [1.29, 1.82) is 0 Å². The molecular formula is C75H132O6. The van der Waals surface area contributed by atoms with Gasteiger partial charge in [-0.15, -0.1) is 0 Å². The summed E-state index contributed by atoms with van der Waals surface area (Å²) in [6, 6.07) is 0. The summed E-state index contributed by atoms with van der Waals surface area (Å²) in [5.41, 5.74) is 0. The van der Waals surface area contributed by atoms with Gasteiger partial charge in [-0.2, -0.15) is 0 Å². The van der Waals surface area contributed by atoms with Crippen molar-refractivity contribution in [1.82, 2.24) is 0 Å². The summed E-state index contributed by atoms with van der Waals surface area (Å²) in [6.07, 6.45) is 91.9. The third kappa shape index (κ3) is 67.3. The predicted octanol–water partition coefficient (Wildman–Crippen LogP) is 24.2. The van der Waals surface area contributed by atoms with E-state index in [4.69, 9.17) is 14.2 Å². The molecule has 0 amide bonds. The van der Waals surface area contributed by atoms with Gasteiger partial charge in [0.25, 0.3) is 0 Å². The van der Waals surface area contributed by atoms with Crippen molar-refractivity contribution in [2.75, 3.05) is 13.2 Å². The number of hydrogen-bond donors (Lipinski definition) is 0. The van der Waals surface area contributed by atoms with E-state index in [2.05, 4.69) is 106 Å². The zero-order valence-corrected chi connectivity index (χ0v) is 53.8. The smallest absolute Gasteiger partial charge is 0.306 e. The van der Waals surface area contributed by atoms with Gasteiger partial charge in [-0.05, 0) is 116 Å². The molecule has 0 radical (unpaired) electrons. The Morgan fingerprint density at radius 3 is 0.778 bits per heavy atom. The fourth-order valence-corrected chi connectivity index (χ4v) is 10.1. The summed E-state index contributed by atoms with van der Waals surface area (Å²) in [5, 5.41) is 0. The molecule has 468 valence electrons. The van der Waals surface area contributed by atoms with Crippen molar-refractivity contribution in [2.24, 2.45) is 0 Å². The van der Waals surface area contributed by atoms with Gasteiger partial charge in [-0.3, -0.25) is 14.4 Å². The first-order valence-electron chi connectivity index (χ1n) is 35.1. The van der Waals surface area contributed by atoms with E-state index < -0.39 is 6.10 Å². The van der Waals surface area contributed by atoms with Crippen molar-refractivity contribution in [3.8, 4) is 0 Å². The Balaban J connectivity index is 4.17. The largest absolute Gasteiger partial charge is 0.462 e. The molecule has 0 aliphatic heterocycles. The van der Waals surface area contributed by atoms with Crippen LogP contribution < -0.4 is 0 Å². The Morgan fingerprint density at radius 1 is 0.259 bits per heavy atom. The molecule has 0 fully saturated rings. The fraction of sp³-hybridized carbons (Fsp3) is 0.773. The minimum absolute atomic E-state index is 0.0766. The van der Waals surface area contributed by atoms with Gasteiger partial charge in [0, 0.05) is 19.3 Å². The zero-order valence-electron chi connectivity index (χ0n) is 53.8.